The van der Waals surface area contributed by atoms with Crippen LogP contribution in [0.2, 0.25) is 0 Å². The number of Topliss-reactive ketones (excluding diaryl/α,β-unsaturated/α-hetero) is 1. The Labute approximate surface area is 193 Å². The Morgan fingerprint density at radius 1 is 0.875 bits per heavy atom. The van der Waals surface area contributed by atoms with Gasteiger partial charge in [0.05, 0.1) is 6.54 Å². The summed E-state index contributed by atoms with van der Waals surface area (Å²) in [7, 11) is 0. The van der Waals surface area contributed by atoms with Crippen molar-refractivity contribution < 1.29 is 9.59 Å². The summed E-state index contributed by atoms with van der Waals surface area (Å²) in [6, 6.07) is 7.70. The largest absolute Gasteiger partial charge is 0.360 e. The number of amides is 1. The number of ketones is 1. The van der Waals surface area contributed by atoms with E-state index in [1.54, 1.807) is 6.20 Å². The van der Waals surface area contributed by atoms with Gasteiger partial charge in [0.25, 0.3) is 0 Å². The predicted molar refractivity (Wildman–Crippen MR) is 135 cm³/mol. The van der Waals surface area contributed by atoms with Crippen LogP contribution in [0.25, 0.3) is 10.9 Å². The van der Waals surface area contributed by atoms with Crippen molar-refractivity contribution in [2.75, 3.05) is 6.54 Å². The molecule has 0 spiro atoms. The molecule has 0 radical (unpaired) electrons. The molecule has 32 heavy (non-hydrogen) atoms. The number of fused-ring (bicyclic) bond motifs is 1. The molecule has 4 heteroatoms. The van der Waals surface area contributed by atoms with Crippen molar-refractivity contribution >= 4 is 22.6 Å². The van der Waals surface area contributed by atoms with Crippen molar-refractivity contribution in [3.05, 3.63) is 60.3 Å². The van der Waals surface area contributed by atoms with Gasteiger partial charge in [0.1, 0.15) is 0 Å². The number of hydrogen-bond donors (Lipinski definition) is 2. The molecule has 0 bridgehead atoms. The standard InChI is InChI=1S/C28H40N2O2/c1-2-3-4-5-6-7-8-9-10-11-12-13-14-15-16-21-28(32)30-23-27(31)25-22-29-26-20-18-17-19-24(25)26/h6-7,9-10,17-20,22,29H,2-5,8,11-16,21,23H2,1H3,(H,30,32)/b7-6-,10-9-. The minimum absolute atomic E-state index is 0.0381. The number of H-pyrrole nitrogens is 1. The van der Waals surface area contributed by atoms with E-state index in [-0.39, 0.29) is 18.2 Å². The Hall–Kier alpha value is -2.62. The second-order valence-electron chi connectivity index (χ2n) is 8.43. The van der Waals surface area contributed by atoms with Crippen molar-refractivity contribution in [2.24, 2.45) is 0 Å². The normalized spacial score (nSPS) is 11.7. The van der Waals surface area contributed by atoms with E-state index in [4.69, 9.17) is 0 Å². The number of hydrogen-bond acceptors (Lipinski definition) is 2. The summed E-state index contributed by atoms with van der Waals surface area (Å²) in [4.78, 5) is 27.5. The van der Waals surface area contributed by atoms with Crippen LogP contribution in [0.1, 0.15) is 94.3 Å². The Morgan fingerprint density at radius 2 is 1.56 bits per heavy atom. The van der Waals surface area contributed by atoms with Gasteiger partial charge >= 0.3 is 0 Å². The van der Waals surface area contributed by atoms with Crippen LogP contribution in [0.15, 0.2) is 54.8 Å². The lowest BCUT2D eigenvalue weighted by Crippen LogP contribution is -2.29. The molecule has 0 atom stereocenters. The van der Waals surface area contributed by atoms with Gasteiger partial charge in [-0.15, -0.1) is 0 Å². The molecule has 0 aliphatic rings. The van der Waals surface area contributed by atoms with Crippen LogP contribution in [-0.4, -0.2) is 23.2 Å². The van der Waals surface area contributed by atoms with Gasteiger partial charge in [-0.2, -0.15) is 0 Å². The van der Waals surface area contributed by atoms with Crippen molar-refractivity contribution in [3.63, 3.8) is 0 Å². The van der Waals surface area contributed by atoms with E-state index in [1.165, 1.54) is 38.5 Å². The lowest BCUT2D eigenvalue weighted by Gasteiger charge is -2.04. The fraction of sp³-hybridized carbons (Fsp3) is 0.500. The summed E-state index contributed by atoms with van der Waals surface area (Å²) >= 11 is 0. The minimum atomic E-state index is -0.0594. The molecular weight excluding hydrogens is 396 g/mol. The Kier molecular flexibility index (Phi) is 12.9. The van der Waals surface area contributed by atoms with Crippen molar-refractivity contribution in [1.82, 2.24) is 10.3 Å². The number of rotatable bonds is 17. The number of carbonyl (C=O) groups is 2. The molecule has 2 rings (SSSR count). The van der Waals surface area contributed by atoms with Crippen LogP contribution in [0.4, 0.5) is 0 Å². The predicted octanol–water partition coefficient (Wildman–Crippen LogP) is 7.28. The first kappa shape index (κ1) is 25.6. The van der Waals surface area contributed by atoms with E-state index in [0.29, 0.717) is 12.0 Å². The number of nitrogens with one attached hydrogen (secondary N) is 2. The van der Waals surface area contributed by atoms with Gasteiger partial charge in [-0.05, 0) is 44.6 Å². The molecule has 2 aromatic rings. The van der Waals surface area contributed by atoms with E-state index >= 15 is 0 Å². The molecule has 0 fully saturated rings. The number of benzene rings is 1. The summed E-state index contributed by atoms with van der Waals surface area (Å²) in [5, 5.41) is 3.67. The van der Waals surface area contributed by atoms with Crippen LogP contribution < -0.4 is 5.32 Å². The van der Waals surface area contributed by atoms with Crippen molar-refractivity contribution in [1.29, 1.82) is 0 Å². The monoisotopic (exact) mass is 436 g/mol. The number of unbranched alkanes of at least 4 members (excludes halogenated alkanes) is 8. The molecule has 0 aliphatic carbocycles. The van der Waals surface area contributed by atoms with E-state index in [2.05, 4.69) is 41.5 Å². The summed E-state index contributed by atoms with van der Waals surface area (Å²) in [5.41, 5.74) is 1.57. The number of carbonyl (C=O) groups excluding carboxylic acids is 2. The zero-order valence-electron chi connectivity index (χ0n) is 19.7. The van der Waals surface area contributed by atoms with Gasteiger partial charge < -0.3 is 10.3 Å². The number of para-hydroxylation sites is 1. The maximum atomic E-state index is 12.4. The molecular formula is C28H40N2O2. The first-order valence-corrected chi connectivity index (χ1v) is 12.4. The van der Waals surface area contributed by atoms with E-state index < -0.39 is 0 Å². The van der Waals surface area contributed by atoms with Crippen LogP contribution in [0.5, 0.6) is 0 Å². The Morgan fingerprint density at radius 3 is 2.34 bits per heavy atom. The molecule has 174 valence electrons. The average molecular weight is 437 g/mol. The van der Waals surface area contributed by atoms with E-state index in [1.807, 2.05) is 24.3 Å². The van der Waals surface area contributed by atoms with Crippen LogP contribution in [0.3, 0.4) is 0 Å². The molecule has 2 N–H and O–H groups in total. The maximum absolute atomic E-state index is 12.4. The third kappa shape index (κ3) is 10.1. The molecule has 4 nitrogen and oxygen atoms in total. The van der Waals surface area contributed by atoms with Gasteiger partial charge in [0, 0.05) is 29.1 Å². The Bertz CT molecular complexity index is 863. The third-order valence-corrected chi connectivity index (χ3v) is 5.69. The molecule has 1 heterocycles. The molecule has 0 unspecified atom stereocenters. The zero-order valence-corrected chi connectivity index (χ0v) is 19.7. The number of aromatic nitrogens is 1. The lowest BCUT2D eigenvalue weighted by molar-refractivity contribution is -0.121. The average Bonchev–Trinajstić information content (AvgIpc) is 3.24. The summed E-state index contributed by atoms with van der Waals surface area (Å²) in [6.07, 6.45) is 24.2. The van der Waals surface area contributed by atoms with Gasteiger partial charge in [-0.1, -0.05) is 81.5 Å². The smallest absolute Gasteiger partial charge is 0.220 e. The second kappa shape index (κ2) is 16.1. The fourth-order valence-electron chi connectivity index (χ4n) is 3.76. The first-order valence-electron chi connectivity index (χ1n) is 12.4. The zero-order chi connectivity index (χ0) is 22.9. The maximum Gasteiger partial charge on any atom is 0.220 e. The van der Waals surface area contributed by atoms with Crippen LogP contribution in [-0.2, 0) is 4.79 Å². The van der Waals surface area contributed by atoms with Crippen molar-refractivity contribution in [3.8, 4) is 0 Å². The lowest BCUT2D eigenvalue weighted by atomic mass is 10.1. The van der Waals surface area contributed by atoms with Crippen LogP contribution in [0, 0.1) is 0 Å². The molecule has 0 aliphatic heterocycles. The number of allylic oxidation sites excluding steroid dienone is 4. The van der Waals surface area contributed by atoms with Gasteiger partial charge in [0.15, 0.2) is 5.78 Å². The van der Waals surface area contributed by atoms with Gasteiger partial charge in [-0.3, -0.25) is 9.59 Å². The summed E-state index contributed by atoms with van der Waals surface area (Å²) in [5.74, 6) is -0.0975. The fourth-order valence-corrected chi connectivity index (χ4v) is 3.76. The van der Waals surface area contributed by atoms with E-state index in [9.17, 15) is 9.59 Å². The highest BCUT2D eigenvalue weighted by molar-refractivity contribution is 6.09. The second-order valence-corrected chi connectivity index (χ2v) is 8.43. The highest BCUT2D eigenvalue weighted by atomic mass is 16.2. The molecule has 0 saturated carbocycles. The third-order valence-electron chi connectivity index (χ3n) is 5.69. The molecule has 1 amide bonds. The number of aromatic amines is 1. The van der Waals surface area contributed by atoms with Crippen LogP contribution >= 0.6 is 0 Å². The van der Waals surface area contributed by atoms with Crippen molar-refractivity contribution in [2.45, 2.75) is 84.0 Å². The van der Waals surface area contributed by atoms with Gasteiger partial charge in [0.2, 0.25) is 5.91 Å². The molecule has 0 saturated heterocycles. The van der Waals surface area contributed by atoms with E-state index in [0.717, 1.165) is 43.0 Å². The highest BCUT2D eigenvalue weighted by Gasteiger charge is 2.12. The highest BCUT2D eigenvalue weighted by Crippen LogP contribution is 2.17. The molecule has 1 aromatic carbocycles. The van der Waals surface area contributed by atoms with Gasteiger partial charge in [-0.25, -0.2) is 0 Å². The summed E-state index contributed by atoms with van der Waals surface area (Å²) < 4.78 is 0. The summed E-state index contributed by atoms with van der Waals surface area (Å²) in [6.45, 7) is 2.29. The quantitative estimate of drug-likeness (QED) is 0.155. The minimum Gasteiger partial charge on any atom is -0.360 e. The Balaban J connectivity index is 1.44. The molecule has 1 aromatic heterocycles. The topological polar surface area (TPSA) is 62.0 Å². The SMILES string of the molecule is CCCCC/C=C\C/C=C\CCCCCCCC(=O)NCC(=O)c1c[nH]c2ccccc12. The first-order chi connectivity index (χ1) is 15.7.